The van der Waals surface area contributed by atoms with Gasteiger partial charge in [0, 0.05) is 12.2 Å². The highest BCUT2D eigenvalue weighted by Gasteiger charge is 2.29. The average Bonchev–Trinajstić information content (AvgIpc) is 2.93. The second-order valence-corrected chi connectivity index (χ2v) is 7.87. The smallest absolute Gasteiger partial charge is 0.237 e. The highest BCUT2D eigenvalue weighted by Crippen LogP contribution is 2.23. The van der Waals surface area contributed by atoms with E-state index in [4.69, 9.17) is 0 Å². The molecule has 5 nitrogen and oxygen atoms in total. The highest BCUT2D eigenvalue weighted by molar-refractivity contribution is 5.81. The largest absolute Gasteiger partial charge is 0.349 e. The molecule has 2 aromatic rings. The maximum absolute atomic E-state index is 12.9. The van der Waals surface area contributed by atoms with Gasteiger partial charge in [-0.1, -0.05) is 43.2 Å². The highest BCUT2D eigenvalue weighted by atomic mass is 16.2. The standard InChI is InChI=1S/C22H30N4O/c27-22(23-15-20-18-11-5-2-6-12-19(18)24-25-20)21-13-7-8-14-26(21)16-17-9-3-1-4-10-17/h1,3-4,9-10,21H,2,5-8,11-16H2,(H,23,27)(H,24,25)/t21-/m0/s1. The molecule has 1 saturated heterocycles. The molecule has 2 N–H and O–H groups in total. The number of fused-ring (bicyclic) bond motifs is 1. The van der Waals surface area contributed by atoms with Crippen LogP contribution in [0.2, 0.25) is 0 Å². The third-order valence-corrected chi connectivity index (χ3v) is 5.97. The molecule has 1 fully saturated rings. The van der Waals surface area contributed by atoms with Gasteiger partial charge in [0.15, 0.2) is 0 Å². The van der Waals surface area contributed by atoms with Gasteiger partial charge in [0.2, 0.25) is 5.91 Å². The fraction of sp³-hybridized carbons (Fsp3) is 0.545. The van der Waals surface area contributed by atoms with Gasteiger partial charge >= 0.3 is 0 Å². The molecule has 2 aliphatic rings. The molecule has 2 heterocycles. The van der Waals surface area contributed by atoms with Crippen LogP contribution in [0.5, 0.6) is 0 Å². The summed E-state index contributed by atoms with van der Waals surface area (Å²) in [5, 5.41) is 10.9. The molecule has 27 heavy (non-hydrogen) atoms. The summed E-state index contributed by atoms with van der Waals surface area (Å²) in [7, 11) is 0. The van der Waals surface area contributed by atoms with Crippen molar-refractivity contribution in [3.63, 3.8) is 0 Å². The first-order valence-corrected chi connectivity index (χ1v) is 10.4. The number of carbonyl (C=O) groups is 1. The molecule has 1 aromatic carbocycles. The van der Waals surface area contributed by atoms with Crippen molar-refractivity contribution >= 4 is 5.91 Å². The molecule has 4 rings (SSSR count). The number of nitrogens with one attached hydrogen (secondary N) is 2. The number of benzene rings is 1. The van der Waals surface area contributed by atoms with Crippen LogP contribution in [0.4, 0.5) is 0 Å². The van der Waals surface area contributed by atoms with Crippen molar-refractivity contribution in [1.29, 1.82) is 0 Å². The van der Waals surface area contributed by atoms with Crippen molar-refractivity contribution in [3.8, 4) is 0 Å². The van der Waals surface area contributed by atoms with E-state index in [2.05, 4.69) is 44.7 Å². The minimum atomic E-state index is -0.0310. The molecule has 0 unspecified atom stereocenters. The minimum absolute atomic E-state index is 0.0310. The van der Waals surface area contributed by atoms with Gasteiger partial charge in [-0.2, -0.15) is 5.10 Å². The Kier molecular flexibility index (Phi) is 5.87. The summed E-state index contributed by atoms with van der Waals surface area (Å²) in [6, 6.07) is 10.4. The Morgan fingerprint density at radius 1 is 1.11 bits per heavy atom. The number of aryl methyl sites for hydroxylation is 1. The van der Waals surface area contributed by atoms with Gasteiger partial charge in [-0.3, -0.25) is 14.8 Å². The van der Waals surface area contributed by atoms with E-state index in [9.17, 15) is 4.79 Å². The van der Waals surface area contributed by atoms with Crippen LogP contribution < -0.4 is 5.32 Å². The number of piperidine rings is 1. The summed E-state index contributed by atoms with van der Waals surface area (Å²) in [5.74, 6) is 0.149. The summed E-state index contributed by atoms with van der Waals surface area (Å²) in [6.07, 6.45) is 9.15. The Balaban J connectivity index is 1.38. The maximum atomic E-state index is 12.9. The molecule has 0 bridgehead atoms. The number of H-pyrrole nitrogens is 1. The van der Waals surface area contributed by atoms with Crippen molar-refractivity contribution in [2.24, 2.45) is 0 Å². The third kappa shape index (κ3) is 4.41. The third-order valence-electron chi connectivity index (χ3n) is 5.97. The minimum Gasteiger partial charge on any atom is -0.349 e. The molecule has 1 aromatic heterocycles. The first kappa shape index (κ1) is 18.2. The van der Waals surface area contributed by atoms with Gasteiger partial charge in [0.1, 0.15) is 0 Å². The normalized spacial score (nSPS) is 20.7. The van der Waals surface area contributed by atoms with Gasteiger partial charge in [0.05, 0.1) is 18.3 Å². The van der Waals surface area contributed by atoms with E-state index in [-0.39, 0.29) is 11.9 Å². The van der Waals surface area contributed by atoms with Crippen LogP contribution in [0, 0.1) is 0 Å². The SMILES string of the molecule is O=C(NCc1n[nH]c2c1CCCCC2)[C@@H]1CCCCN1Cc1ccccc1. The molecule has 1 aliphatic heterocycles. The van der Waals surface area contributed by atoms with Crippen molar-refractivity contribution in [2.45, 2.75) is 70.5 Å². The van der Waals surface area contributed by atoms with E-state index in [0.29, 0.717) is 6.54 Å². The molecule has 144 valence electrons. The number of rotatable bonds is 5. The van der Waals surface area contributed by atoms with E-state index in [0.717, 1.165) is 44.5 Å². The number of hydrogen-bond donors (Lipinski definition) is 2. The van der Waals surface area contributed by atoms with Gasteiger partial charge in [-0.05, 0) is 56.2 Å². The number of amides is 1. The maximum Gasteiger partial charge on any atom is 0.237 e. The fourth-order valence-corrected chi connectivity index (χ4v) is 4.46. The van der Waals surface area contributed by atoms with Crippen LogP contribution in [-0.4, -0.2) is 33.6 Å². The topological polar surface area (TPSA) is 61.0 Å². The lowest BCUT2D eigenvalue weighted by atomic mass is 10.00. The summed E-state index contributed by atoms with van der Waals surface area (Å²) in [6.45, 7) is 2.38. The lowest BCUT2D eigenvalue weighted by Crippen LogP contribution is -2.48. The number of hydrogen-bond acceptors (Lipinski definition) is 3. The van der Waals surface area contributed by atoms with Crippen molar-refractivity contribution in [1.82, 2.24) is 20.4 Å². The number of likely N-dealkylation sites (tertiary alicyclic amines) is 1. The van der Waals surface area contributed by atoms with E-state index in [1.807, 2.05) is 6.07 Å². The first-order valence-electron chi connectivity index (χ1n) is 10.4. The summed E-state index contributed by atoms with van der Waals surface area (Å²) in [4.78, 5) is 15.3. The molecule has 0 spiro atoms. The van der Waals surface area contributed by atoms with Crippen LogP contribution in [0.15, 0.2) is 30.3 Å². The summed E-state index contributed by atoms with van der Waals surface area (Å²) in [5.41, 5.74) is 4.93. The molecule has 5 heteroatoms. The number of aromatic nitrogens is 2. The van der Waals surface area contributed by atoms with Crippen molar-refractivity contribution in [3.05, 3.63) is 52.8 Å². The molecular formula is C22H30N4O. The quantitative estimate of drug-likeness (QED) is 0.798. The zero-order chi connectivity index (χ0) is 18.5. The van der Waals surface area contributed by atoms with Crippen LogP contribution in [-0.2, 0) is 30.7 Å². The fourth-order valence-electron chi connectivity index (χ4n) is 4.46. The molecule has 0 saturated carbocycles. The van der Waals surface area contributed by atoms with Crippen LogP contribution in [0.1, 0.15) is 61.0 Å². The number of carbonyl (C=O) groups excluding carboxylic acids is 1. The van der Waals surface area contributed by atoms with E-state index < -0.39 is 0 Å². The van der Waals surface area contributed by atoms with Gasteiger partial charge < -0.3 is 5.32 Å². The second kappa shape index (κ2) is 8.70. The monoisotopic (exact) mass is 366 g/mol. The molecule has 1 amide bonds. The first-order chi connectivity index (χ1) is 13.3. The zero-order valence-electron chi connectivity index (χ0n) is 16.0. The lowest BCUT2D eigenvalue weighted by molar-refractivity contribution is -0.128. The number of nitrogens with zero attached hydrogens (tertiary/aromatic N) is 2. The zero-order valence-corrected chi connectivity index (χ0v) is 16.0. The Morgan fingerprint density at radius 2 is 1.96 bits per heavy atom. The van der Waals surface area contributed by atoms with Crippen molar-refractivity contribution in [2.75, 3.05) is 6.54 Å². The predicted octanol–water partition coefficient (Wildman–Crippen LogP) is 3.35. The van der Waals surface area contributed by atoms with E-state index in [1.165, 1.54) is 42.5 Å². The predicted molar refractivity (Wildman–Crippen MR) is 106 cm³/mol. The second-order valence-electron chi connectivity index (χ2n) is 7.87. The Hall–Kier alpha value is -2.14. The van der Waals surface area contributed by atoms with Crippen molar-refractivity contribution < 1.29 is 4.79 Å². The van der Waals surface area contributed by atoms with E-state index >= 15 is 0 Å². The summed E-state index contributed by atoms with van der Waals surface area (Å²) >= 11 is 0. The van der Waals surface area contributed by atoms with Gasteiger partial charge in [0.25, 0.3) is 0 Å². The van der Waals surface area contributed by atoms with Crippen LogP contribution in [0.25, 0.3) is 0 Å². The van der Waals surface area contributed by atoms with E-state index in [1.54, 1.807) is 0 Å². The average molecular weight is 367 g/mol. The van der Waals surface area contributed by atoms with Gasteiger partial charge in [-0.25, -0.2) is 0 Å². The molecule has 0 radical (unpaired) electrons. The molecule has 1 atom stereocenters. The Bertz CT molecular complexity index is 755. The van der Waals surface area contributed by atoms with Crippen LogP contribution >= 0.6 is 0 Å². The summed E-state index contributed by atoms with van der Waals surface area (Å²) < 4.78 is 0. The molecule has 1 aliphatic carbocycles. The Labute approximate surface area is 161 Å². The van der Waals surface area contributed by atoms with Gasteiger partial charge in [-0.15, -0.1) is 0 Å². The van der Waals surface area contributed by atoms with Crippen LogP contribution in [0.3, 0.4) is 0 Å². The Morgan fingerprint density at radius 3 is 2.85 bits per heavy atom. The lowest BCUT2D eigenvalue weighted by Gasteiger charge is -2.34. The molecular weight excluding hydrogens is 336 g/mol. The number of aromatic amines is 1.